The van der Waals surface area contributed by atoms with Crippen molar-refractivity contribution in [2.24, 2.45) is 0 Å². The third-order valence-electron chi connectivity index (χ3n) is 15.4. The van der Waals surface area contributed by atoms with Crippen LogP contribution in [0.25, 0.3) is 54.6 Å². The number of benzene rings is 10. The molecule has 0 amide bonds. The van der Waals surface area contributed by atoms with Crippen molar-refractivity contribution in [2.45, 2.75) is 109 Å². The molecule has 0 bridgehead atoms. The van der Waals surface area contributed by atoms with E-state index >= 15 is 0 Å². The van der Waals surface area contributed by atoms with Gasteiger partial charge in [-0.3, -0.25) is 0 Å². The molecule has 0 fully saturated rings. The lowest BCUT2D eigenvalue weighted by Crippen LogP contribution is -2.16. The second-order valence-electron chi connectivity index (χ2n) is 21.0. The van der Waals surface area contributed by atoms with Crippen LogP contribution in [0.4, 0.5) is 34.1 Å². The maximum Gasteiger partial charge on any atom is 0.0543 e. The second-order valence-corrected chi connectivity index (χ2v) is 21.0. The summed E-state index contributed by atoms with van der Waals surface area (Å²) >= 11 is 0. The molecule has 0 saturated heterocycles. The predicted octanol–water partition coefficient (Wildman–Crippen LogP) is 20.2. The van der Waals surface area contributed by atoms with Crippen molar-refractivity contribution in [2.75, 3.05) is 9.80 Å². The second kappa shape index (κ2) is 18.0. The highest BCUT2D eigenvalue weighted by Crippen LogP contribution is 2.53. The number of anilines is 6. The van der Waals surface area contributed by atoms with Crippen molar-refractivity contribution in [3.63, 3.8) is 0 Å². The fraction of sp³-hybridized carbons (Fsp3) is 0.235. The highest BCUT2D eigenvalue weighted by molar-refractivity contribution is 6.29. The van der Waals surface area contributed by atoms with Gasteiger partial charge >= 0.3 is 0 Å². The lowest BCUT2D eigenvalue weighted by atomic mass is 9.83. The summed E-state index contributed by atoms with van der Waals surface area (Å²) in [6, 6.07) is 55.9. The molecule has 0 radical (unpaired) electrons. The Morgan fingerprint density at radius 1 is 0.286 bits per heavy atom. The maximum absolute atomic E-state index is 2.62. The highest BCUT2D eigenvalue weighted by Gasteiger charge is 2.29. The SMILES string of the molecule is Cc1ccc(-c2c(C)cccc2C)cc1N(c1c(C)cccc1C)c1cc(C(C)C)c2ccc3c(N(c4cc(-c5c(C)cccc5C)ccc4C)c4c(C)cccc4C)cc(C(C)C)c4ccc1c2c43. The minimum atomic E-state index is 0.274. The Kier molecular flexibility index (Phi) is 12.0. The summed E-state index contributed by atoms with van der Waals surface area (Å²) in [5.41, 5.74) is 27.7. The van der Waals surface area contributed by atoms with E-state index in [0.717, 1.165) is 0 Å². The highest BCUT2D eigenvalue weighted by atomic mass is 15.2. The number of aryl methyl sites for hydroxylation is 10. The molecule has 10 aromatic carbocycles. The first-order chi connectivity index (χ1) is 33.5. The van der Waals surface area contributed by atoms with Crippen molar-refractivity contribution < 1.29 is 0 Å². The summed E-state index contributed by atoms with van der Waals surface area (Å²) in [4.78, 5) is 5.23. The molecule has 350 valence electrons. The van der Waals surface area contributed by atoms with Crippen LogP contribution in [-0.2, 0) is 0 Å². The minimum absolute atomic E-state index is 0.274. The lowest BCUT2D eigenvalue weighted by Gasteiger charge is -2.34. The number of hydrogen-bond acceptors (Lipinski definition) is 2. The van der Waals surface area contributed by atoms with Crippen LogP contribution in [-0.4, -0.2) is 0 Å². The molecule has 0 aliphatic rings. The Bertz CT molecular complexity index is 3350. The van der Waals surface area contributed by atoms with Gasteiger partial charge in [-0.2, -0.15) is 0 Å². The van der Waals surface area contributed by atoms with E-state index in [9.17, 15) is 0 Å². The summed E-state index contributed by atoms with van der Waals surface area (Å²) in [5.74, 6) is 0.547. The van der Waals surface area contributed by atoms with Gasteiger partial charge in [-0.05, 0) is 216 Å². The molecule has 0 heterocycles. The summed E-state index contributed by atoms with van der Waals surface area (Å²) in [6.07, 6.45) is 0. The van der Waals surface area contributed by atoms with Crippen LogP contribution in [0.3, 0.4) is 0 Å². The number of para-hydroxylation sites is 2. The monoisotopic (exact) mass is 913 g/mol. The van der Waals surface area contributed by atoms with Gasteiger partial charge in [0.15, 0.2) is 0 Å². The van der Waals surface area contributed by atoms with Gasteiger partial charge in [0.2, 0.25) is 0 Å². The van der Waals surface area contributed by atoms with Crippen molar-refractivity contribution in [3.8, 4) is 22.3 Å². The molecule has 0 aliphatic carbocycles. The quantitative estimate of drug-likeness (QED) is 0.126. The van der Waals surface area contributed by atoms with Crippen LogP contribution in [0.5, 0.6) is 0 Å². The van der Waals surface area contributed by atoms with E-state index in [4.69, 9.17) is 0 Å². The Morgan fingerprint density at radius 3 is 0.900 bits per heavy atom. The average molecular weight is 913 g/mol. The minimum Gasteiger partial charge on any atom is -0.309 e. The fourth-order valence-corrected chi connectivity index (χ4v) is 11.9. The van der Waals surface area contributed by atoms with Crippen LogP contribution in [0, 0.1) is 69.2 Å². The normalized spacial score (nSPS) is 11.8. The standard InChI is InChI=1S/C68H68N2/c1-39(2)57-37-61(69(67-47(11)23-17-24-48(67)12)59-35-51(29-27-41(59)5)63-43(7)19-15-20-44(63)8)55-34-32-54-58(40(3)4)38-62(56-33-31-53(57)65(55)66(54)56)70(68-49(13)25-18-26-50(68)14)60-36-52(30-28-42(60)6)64-45(9)21-16-22-46(64)10/h15-40H,1-14H3. The lowest BCUT2D eigenvalue weighted by molar-refractivity contribution is 0.875. The van der Waals surface area contributed by atoms with E-state index in [2.05, 4.69) is 252 Å². The maximum atomic E-state index is 2.62. The third-order valence-corrected chi connectivity index (χ3v) is 15.4. The van der Waals surface area contributed by atoms with Crippen LogP contribution in [0.15, 0.2) is 146 Å². The third kappa shape index (κ3) is 7.64. The predicted molar refractivity (Wildman–Crippen MR) is 306 cm³/mol. The summed E-state index contributed by atoms with van der Waals surface area (Å²) in [5, 5.41) is 7.84. The average Bonchev–Trinajstić information content (AvgIpc) is 3.31. The largest absolute Gasteiger partial charge is 0.309 e. The summed E-state index contributed by atoms with van der Waals surface area (Å²) < 4.78 is 0. The van der Waals surface area contributed by atoms with Gasteiger partial charge in [0.1, 0.15) is 0 Å². The van der Waals surface area contributed by atoms with Crippen molar-refractivity contribution in [1.29, 1.82) is 0 Å². The van der Waals surface area contributed by atoms with E-state index in [1.807, 2.05) is 0 Å². The zero-order chi connectivity index (χ0) is 49.4. The van der Waals surface area contributed by atoms with E-state index in [1.54, 1.807) is 0 Å². The van der Waals surface area contributed by atoms with Crippen LogP contribution in [0.2, 0.25) is 0 Å². The van der Waals surface area contributed by atoms with E-state index < -0.39 is 0 Å². The van der Waals surface area contributed by atoms with E-state index in [0.29, 0.717) is 0 Å². The summed E-state index contributed by atoms with van der Waals surface area (Å²) in [6.45, 7) is 32.1. The molecule has 10 rings (SSSR count). The Balaban J connectivity index is 1.35. The molecule has 70 heavy (non-hydrogen) atoms. The molecular formula is C68H68N2. The molecule has 0 saturated carbocycles. The molecule has 2 nitrogen and oxygen atoms in total. The number of hydrogen-bond donors (Lipinski definition) is 0. The molecule has 0 atom stereocenters. The molecular weight excluding hydrogens is 845 g/mol. The molecule has 0 spiro atoms. The zero-order valence-electron chi connectivity index (χ0n) is 43.9. The molecule has 2 heteroatoms. The van der Waals surface area contributed by atoms with Crippen molar-refractivity contribution >= 4 is 66.4 Å². The molecule has 0 unspecified atom stereocenters. The van der Waals surface area contributed by atoms with Crippen molar-refractivity contribution in [1.82, 2.24) is 0 Å². The van der Waals surface area contributed by atoms with Gasteiger partial charge in [-0.25, -0.2) is 0 Å². The number of rotatable bonds is 10. The van der Waals surface area contributed by atoms with E-state index in [-0.39, 0.29) is 11.8 Å². The molecule has 0 aliphatic heterocycles. The van der Waals surface area contributed by atoms with E-state index in [1.165, 1.54) is 155 Å². The first kappa shape index (κ1) is 46.6. The van der Waals surface area contributed by atoms with Crippen molar-refractivity contribution in [3.05, 3.63) is 212 Å². The number of nitrogens with zero attached hydrogens (tertiary/aromatic N) is 2. The van der Waals surface area contributed by atoms with Gasteiger partial charge in [0.05, 0.1) is 22.7 Å². The smallest absolute Gasteiger partial charge is 0.0543 e. The zero-order valence-corrected chi connectivity index (χ0v) is 43.9. The summed E-state index contributed by atoms with van der Waals surface area (Å²) in [7, 11) is 0. The van der Waals surface area contributed by atoms with Crippen LogP contribution < -0.4 is 9.80 Å². The van der Waals surface area contributed by atoms with Crippen LogP contribution in [0.1, 0.15) is 106 Å². The molecule has 0 aromatic heterocycles. The van der Waals surface area contributed by atoms with Gasteiger partial charge in [0, 0.05) is 22.1 Å². The first-order valence-corrected chi connectivity index (χ1v) is 25.4. The van der Waals surface area contributed by atoms with Gasteiger partial charge in [0.25, 0.3) is 0 Å². The fourth-order valence-electron chi connectivity index (χ4n) is 11.9. The van der Waals surface area contributed by atoms with Gasteiger partial charge < -0.3 is 9.80 Å². The van der Waals surface area contributed by atoms with Gasteiger partial charge in [-0.15, -0.1) is 0 Å². The Morgan fingerprint density at radius 2 is 0.586 bits per heavy atom. The Hall–Kier alpha value is -7.16. The van der Waals surface area contributed by atoms with Crippen LogP contribution >= 0.6 is 0 Å². The van der Waals surface area contributed by atoms with Gasteiger partial charge in [-0.1, -0.05) is 149 Å². The molecule has 0 N–H and O–H groups in total. The first-order valence-electron chi connectivity index (χ1n) is 25.4. The Labute approximate surface area is 417 Å². The topological polar surface area (TPSA) is 6.48 Å². The molecule has 10 aromatic rings.